The molecule has 46 heavy (non-hydrogen) atoms. The first-order valence-electron chi connectivity index (χ1n) is 18.4. The molecule has 11 unspecified atom stereocenters. The monoisotopic (exact) mass is 644 g/mol. The third kappa shape index (κ3) is 5.11. The van der Waals surface area contributed by atoms with Crippen molar-refractivity contribution in [3.05, 3.63) is 11.1 Å². The molecule has 2 aliphatic heterocycles. The number of aliphatic hydroxyl groups is 3. The number of carboxylic acid groups (broad SMARTS) is 1. The topological polar surface area (TPSA) is 165 Å². The van der Waals surface area contributed by atoms with Crippen LogP contribution in [0.15, 0.2) is 16.1 Å². The van der Waals surface area contributed by atoms with Crippen molar-refractivity contribution in [3.8, 4) is 0 Å². The fourth-order valence-corrected chi connectivity index (χ4v) is 12.3. The van der Waals surface area contributed by atoms with Crippen molar-refractivity contribution in [2.45, 2.75) is 128 Å². The van der Waals surface area contributed by atoms with Gasteiger partial charge in [-0.05, 0) is 87.5 Å². The summed E-state index contributed by atoms with van der Waals surface area (Å²) in [4.78, 5) is 18.9. The van der Waals surface area contributed by atoms with Crippen LogP contribution in [0.4, 0.5) is 0 Å². The lowest BCUT2D eigenvalue weighted by Gasteiger charge is -2.61. The predicted octanol–water partition coefficient (Wildman–Crippen LogP) is 0.681. The van der Waals surface area contributed by atoms with E-state index in [1.54, 1.807) is 7.05 Å². The second-order valence-corrected chi connectivity index (χ2v) is 16.1. The molecule has 0 amide bonds. The number of quaternary nitrogens is 1. The summed E-state index contributed by atoms with van der Waals surface area (Å²) in [5.41, 5.74) is 4.99. The number of ether oxygens (including phenoxy) is 1. The lowest BCUT2D eigenvalue weighted by atomic mass is 9.45. The number of hydrogen-bond acceptors (Lipinski definition) is 8. The largest absolute Gasteiger partial charge is 0.545 e. The smallest absolute Gasteiger partial charge is 0.293 e. The summed E-state index contributed by atoms with van der Waals surface area (Å²) in [6.07, 6.45) is 10.8. The van der Waals surface area contributed by atoms with E-state index in [0.29, 0.717) is 38.2 Å². The fourth-order valence-electron chi connectivity index (χ4n) is 12.3. The highest BCUT2D eigenvalue weighted by atomic mass is 16.5. The minimum atomic E-state index is -1.67. The molecule has 0 radical (unpaired) electrons. The van der Waals surface area contributed by atoms with Gasteiger partial charge in [0.25, 0.3) is 5.96 Å². The minimum Gasteiger partial charge on any atom is -0.545 e. The van der Waals surface area contributed by atoms with Gasteiger partial charge in [-0.1, -0.05) is 38.7 Å². The van der Waals surface area contributed by atoms with E-state index in [9.17, 15) is 25.2 Å². The number of likely N-dealkylation sites (tertiary alicyclic amines) is 1. The van der Waals surface area contributed by atoms with Gasteiger partial charge in [-0.2, -0.15) is 0 Å². The van der Waals surface area contributed by atoms with Gasteiger partial charge in [0.15, 0.2) is 0 Å². The number of carbonyl (C=O) groups excluding carboxylic acids is 1. The van der Waals surface area contributed by atoms with Gasteiger partial charge < -0.3 is 41.0 Å². The van der Waals surface area contributed by atoms with E-state index in [2.05, 4.69) is 24.2 Å². The number of hydrogen-bond donors (Lipinski definition) is 6. The Balaban J connectivity index is 1.41. The summed E-state index contributed by atoms with van der Waals surface area (Å²) in [5, 5.41) is 50.2. The number of aliphatic imine (C=N–C) groups is 1. The third-order valence-corrected chi connectivity index (χ3v) is 14.3. The molecule has 0 aromatic rings. The van der Waals surface area contributed by atoms with Gasteiger partial charge in [0.05, 0.1) is 44.0 Å². The molecular formula is C36H60N4O6. The van der Waals surface area contributed by atoms with Crippen molar-refractivity contribution in [2.75, 3.05) is 39.8 Å². The first-order valence-corrected chi connectivity index (χ1v) is 18.4. The van der Waals surface area contributed by atoms with Crippen molar-refractivity contribution in [3.63, 3.8) is 0 Å². The summed E-state index contributed by atoms with van der Waals surface area (Å²) >= 11 is 0. The molecule has 2 bridgehead atoms. The summed E-state index contributed by atoms with van der Waals surface area (Å²) in [5.74, 6) is -0.0151. The van der Waals surface area contributed by atoms with Gasteiger partial charge in [-0.25, -0.2) is 4.99 Å². The predicted molar refractivity (Wildman–Crippen MR) is 174 cm³/mol. The second kappa shape index (κ2) is 13.0. The van der Waals surface area contributed by atoms with Crippen LogP contribution in [0.2, 0.25) is 0 Å². The third-order valence-electron chi connectivity index (χ3n) is 14.3. The van der Waals surface area contributed by atoms with Crippen LogP contribution in [-0.4, -0.2) is 91.0 Å². The van der Waals surface area contributed by atoms with E-state index in [0.717, 1.165) is 94.3 Å². The second-order valence-electron chi connectivity index (χ2n) is 16.1. The maximum absolute atomic E-state index is 13.3. The Hall–Kier alpha value is -1.56. The number of aliphatic hydroxyl groups excluding tert-OH is 2. The molecule has 11 atom stereocenters. The SMILES string of the molecule is CCCCCC12CCC(O)CC1OC(C1(O)CC34C(=C1C(=O)[O-])CC(CCC3C)C41C[NH+](C(N)=NC)CCC1CNCCO)CC2. The molecule has 4 aliphatic carbocycles. The summed E-state index contributed by atoms with van der Waals surface area (Å²) in [6, 6.07) is 0. The zero-order valence-electron chi connectivity index (χ0n) is 28.5. The number of carboxylic acids is 1. The molecule has 3 saturated carbocycles. The maximum atomic E-state index is 13.3. The number of allylic oxidation sites excluding steroid dienone is 1. The minimum absolute atomic E-state index is 0.0268. The molecule has 5 fully saturated rings. The normalized spacial score (nSPS) is 45.6. The lowest BCUT2D eigenvalue weighted by Crippen LogP contribution is -3.19. The van der Waals surface area contributed by atoms with E-state index >= 15 is 0 Å². The number of carbonyl (C=O) groups is 1. The van der Waals surface area contributed by atoms with Crippen LogP contribution in [0.5, 0.6) is 0 Å². The molecule has 2 heterocycles. The Morgan fingerprint density at radius 2 is 1.96 bits per heavy atom. The zero-order chi connectivity index (χ0) is 32.9. The number of nitrogens with two attached hydrogens (primary N) is 1. The first-order chi connectivity index (χ1) is 22.0. The first kappa shape index (κ1) is 34.3. The summed E-state index contributed by atoms with van der Waals surface area (Å²) in [6.45, 7) is 7.37. The molecular weight excluding hydrogens is 584 g/mol. The fraction of sp³-hybridized carbons (Fsp3) is 0.889. The number of rotatable bonds is 10. The van der Waals surface area contributed by atoms with Gasteiger partial charge in [0, 0.05) is 42.8 Å². The Kier molecular flexibility index (Phi) is 9.73. The highest BCUT2D eigenvalue weighted by Crippen LogP contribution is 2.77. The molecule has 6 aliphatic rings. The molecule has 0 aromatic heterocycles. The van der Waals surface area contributed by atoms with Crippen LogP contribution in [0.25, 0.3) is 0 Å². The number of fused-ring (bicyclic) bond motifs is 1. The molecule has 260 valence electrons. The lowest BCUT2D eigenvalue weighted by molar-refractivity contribution is -0.828. The van der Waals surface area contributed by atoms with Crippen LogP contribution in [0.3, 0.4) is 0 Å². The zero-order valence-corrected chi connectivity index (χ0v) is 28.5. The Bertz CT molecular complexity index is 1210. The van der Waals surface area contributed by atoms with Crippen LogP contribution in [0, 0.1) is 34.0 Å². The Morgan fingerprint density at radius 3 is 2.67 bits per heavy atom. The molecule has 7 N–H and O–H groups in total. The quantitative estimate of drug-likeness (QED) is 0.115. The highest BCUT2D eigenvalue weighted by molar-refractivity contribution is 5.90. The Morgan fingerprint density at radius 1 is 1.17 bits per heavy atom. The van der Waals surface area contributed by atoms with Gasteiger partial charge in [0.1, 0.15) is 5.60 Å². The van der Waals surface area contributed by atoms with Crippen LogP contribution < -0.4 is 21.1 Å². The standard InChI is InChI=1S/C36H60N4O6/c1-4-5-6-12-33-13-9-26(42)19-29(33)46-28(10-14-33)36(45)21-34-23(2)7-8-24(18-27(34)30(36)31(43)44)35(34)22-40(32(37)38-3)16-11-25(35)20-39-15-17-41/h23-26,28-29,39,41-42,45H,4-22H2,1-3H3,(H2,37,38)(H,43,44). The number of guanidine groups is 1. The molecule has 2 spiro atoms. The van der Waals surface area contributed by atoms with Crippen molar-refractivity contribution < 1.29 is 34.9 Å². The highest BCUT2D eigenvalue weighted by Gasteiger charge is 2.76. The average Bonchev–Trinajstić information content (AvgIpc) is 3.39. The summed E-state index contributed by atoms with van der Waals surface area (Å²) in [7, 11) is 1.74. The molecule has 2 saturated heterocycles. The van der Waals surface area contributed by atoms with Crippen LogP contribution >= 0.6 is 0 Å². The summed E-state index contributed by atoms with van der Waals surface area (Å²) < 4.78 is 6.94. The molecule has 10 nitrogen and oxygen atoms in total. The van der Waals surface area contributed by atoms with Gasteiger partial charge >= 0.3 is 0 Å². The number of aliphatic carboxylic acids is 1. The van der Waals surface area contributed by atoms with E-state index in [-0.39, 0.29) is 46.9 Å². The maximum Gasteiger partial charge on any atom is 0.293 e. The number of piperidine rings is 1. The number of unbranched alkanes of at least 4 members (excludes halogenated alkanes) is 2. The molecule has 0 aromatic carbocycles. The molecule has 10 heteroatoms. The van der Waals surface area contributed by atoms with E-state index in [4.69, 9.17) is 10.5 Å². The van der Waals surface area contributed by atoms with Gasteiger partial charge in [0.2, 0.25) is 0 Å². The van der Waals surface area contributed by atoms with Crippen molar-refractivity contribution in [2.24, 2.45) is 44.7 Å². The average molecular weight is 645 g/mol. The van der Waals surface area contributed by atoms with Crippen LogP contribution in [0.1, 0.15) is 104 Å². The number of nitrogens with one attached hydrogen (secondary N) is 2. The van der Waals surface area contributed by atoms with Gasteiger partial charge in [-0.15, -0.1) is 0 Å². The Labute approximate surface area is 275 Å². The van der Waals surface area contributed by atoms with E-state index < -0.39 is 29.2 Å². The van der Waals surface area contributed by atoms with E-state index in [1.165, 1.54) is 0 Å². The van der Waals surface area contributed by atoms with Crippen molar-refractivity contribution in [1.29, 1.82) is 0 Å². The number of nitrogens with zero attached hydrogens (tertiary/aromatic N) is 1. The molecule has 6 rings (SSSR count). The van der Waals surface area contributed by atoms with Crippen molar-refractivity contribution in [1.82, 2.24) is 5.32 Å². The van der Waals surface area contributed by atoms with Crippen molar-refractivity contribution >= 4 is 11.9 Å². The van der Waals surface area contributed by atoms with Gasteiger partial charge in [-0.3, -0.25) is 4.90 Å². The van der Waals surface area contributed by atoms with E-state index in [1.807, 2.05) is 0 Å². The van der Waals surface area contributed by atoms with Crippen LogP contribution in [-0.2, 0) is 9.53 Å².